The Kier molecular flexibility index (Phi) is 6.57. The minimum atomic E-state index is -0.246. The van der Waals surface area contributed by atoms with Crippen LogP contribution in [0.15, 0.2) is 67.0 Å². The zero-order chi connectivity index (χ0) is 20.8. The fourth-order valence-corrected chi connectivity index (χ4v) is 4.23. The first-order valence-electron chi connectivity index (χ1n) is 10.4. The third-order valence-corrected chi connectivity index (χ3v) is 6.00. The Labute approximate surface area is 176 Å². The number of aliphatic hydroxyl groups excluding tert-OH is 1. The molecule has 1 unspecified atom stereocenters. The number of benzene rings is 2. The lowest BCUT2D eigenvalue weighted by molar-refractivity contribution is -0.0387. The molecular weight excluding hydrogens is 381 g/mol. The second-order valence-electron chi connectivity index (χ2n) is 8.03. The van der Waals surface area contributed by atoms with Gasteiger partial charge in [-0.1, -0.05) is 42.5 Å². The van der Waals surface area contributed by atoms with Crippen LogP contribution in [0, 0.1) is 11.2 Å². The highest BCUT2D eigenvalue weighted by molar-refractivity contribution is 5.23. The molecule has 0 amide bonds. The number of aromatic nitrogens is 2. The van der Waals surface area contributed by atoms with Crippen molar-refractivity contribution in [2.24, 2.45) is 5.41 Å². The van der Waals surface area contributed by atoms with Gasteiger partial charge in [0.15, 0.2) is 0 Å². The van der Waals surface area contributed by atoms with Gasteiger partial charge in [-0.2, -0.15) is 5.10 Å². The van der Waals surface area contributed by atoms with E-state index in [0.717, 1.165) is 24.0 Å². The lowest BCUT2D eigenvalue weighted by Crippen LogP contribution is -2.44. The highest BCUT2D eigenvalue weighted by Gasteiger charge is 2.40. The molecule has 0 radical (unpaired) electrons. The summed E-state index contributed by atoms with van der Waals surface area (Å²) in [5.74, 6) is -0.234. The molecule has 0 bridgehead atoms. The van der Waals surface area contributed by atoms with Crippen molar-refractivity contribution in [1.29, 1.82) is 0 Å². The third kappa shape index (κ3) is 4.78. The number of rotatable bonds is 8. The Morgan fingerprint density at radius 3 is 2.50 bits per heavy atom. The summed E-state index contributed by atoms with van der Waals surface area (Å²) in [7, 11) is 0. The van der Waals surface area contributed by atoms with Crippen LogP contribution in [0.4, 0.5) is 4.39 Å². The Balaban J connectivity index is 1.47. The second kappa shape index (κ2) is 9.51. The molecule has 158 valence electrons. The molecular formula is C24H28FN3O2. The second-order valence-corrected chi connectivity index (χ2v) is 8.03. The number of ether oxygens (including phenoxy) is 1. The lowest BCUT2D eigenvalue weighted by Gasteiger charge is -2.43. The van der Waals surface area contributed by atoms with Gasteiger partial charge >= 0.3 is 0 Å². The van der Waals surface area contributed by atoms with Crippen LogP contribution in [0.3, 0.4) is 0 Å². The van der Waals surface area contributed by atoms with Crippen LogP contribution >= 0.6 is 0 Å². The zero-order valence-electron chi connectivity index (χ0n) is 17.0. The smallest absolute Gasteiger partial charge is 0.123 e. The molecule has 1 fully saturated rings. The average molecular weight is 410 g/mol. The molecule has 4 rings (SSSR count). The molecule has 6 heteroatoms. The minimum absolute atomic E-state index is 0.0213. The summed E-state index contributed by atoms with van der Waals surface area (Å²) in [6, 6.07) is 16.8. The molecule has 3 aromatic rings. The van der Waals surface area contributed by atoms with Crippen molar-refractivity contribution in [3.63, 3.8) is 0 Å². The van der Waals surface area contributed by atoms with E-state index in [4.69, 9.17) is 4.74 Å². The summed E-state index contributed by atoms with van der Waals surface area (Å²) in [5, 5.41) is 18.4. The van der Waals surface area contributed by atoms with E-state index in [1.54, 1.807) is 12.1 Å². The Morgan fingerprint density at radius 1 is 1.07 bits per heavy atom. The van der Waals surface area contributed by atoms with E-state index >= 15 is 0 Å². The van der Waals surface area contributed by atoms with Crippen LogP contribution < -0.4 is 5.32 Å². The summed E-state index contributed by atoms with van der Waals surface area (Å²) >= 11 is 0. The molecule has 1 aliphatic rings. The van der Waals surface area contributed by atoms with Crippen LogP contribution in [0.1, 0.15) is 35.6 Å². The Morgan fingerprint density at radius 2 is 1.80 bits per heavy atom. The highest BCUT2D eigenvalue weighted by Crippen LogP contribution is 2.42. The van der Waals surface area contributed by atoms with Gasteiger partial charge in [0.25, 0.3) is 0 Å². The molecule has 0 spiro atoms. The van der Waals surface area contributed by atoms with Gasteiger partial charge in [-0.25, -0.2) is 4.39 Å². The summed E-state index contributed by atoms with van der Waals surface area (Å²) in [4.78, 5) is 0. The first kappa shape index (κ1) is 20.7. The van der Waals surface area contributed by atoms with E-state index in [0.29, 0.717) is 26.3 Å². The van der Waals surface area contributed by atoms with Crippen molar-refractivity contribution in [3.05, 3.63) is 89.5 Å². The number of nitrogens with one attached hydrogen (secondary N) is 1. The minimum Gasteiger partial charge on any atom is -0.396 e. The van der Waals surface area contributed by atoms with E-state index in [1.807, 2.05) is 35.3 Å². The van der Waals surface area contributed by atoms with E-state index < -0.39 is 0 Å². The van der Waals surface area contributed by atoms with Crippen molar-refractivity contribution < 1.29 is 14.2 Å². The van der Waals surface area contributed by atoms with Crippen LogP contribution in [-0.2, 0) is 17.8 Å². The van der Waals surface area contributed by atoms with Crippen LogP contribution in [0.25, 0.3) is 0 Å². The fraction of sp³-hybridized carbons (Fsp3) is 0.375. The SMILES string of the molecule is OCC1(C(NCc2cnn(Cc3ccc(F)cc3)c2)c2ccccc2)CCOCC1. The van der Waals surface area contributed by atoms with Crippen molar-refractivity contribution in [1.82, 2.24) is 15.1 Å². The zero-order valence-corrected chi connectivity index (χ0v) is 17.0. The topological polar surface area (TPSA) is 59.3 Å². The predicted octanol–water partition coefficient (Wildman–Crippen LogP) is 3.69. The van der Waals surface area contributed by atoms with Gasteiger partial charge in [-0.3, -0.25) is 4.68 Å². The van der Waals surface area contributed by atoms with Gasteiger partial charge in [-0.05, 0) is 36.1 Å². The maximum atomic E-state index is 13.1. The van der Waals surface area contributed by atoms with Gasteiger partial charge in [0.1, 0.15) is 5.82 Å². The number of nitrogens with zero attached hydrogens (tertiary/aromatic N) is 2. The van der Waals surface area contributed by atoms with Crippen molar-refractivity contribution in [3.8, 4) is 0 Å². The van der Waals surface area contributed by atoms with Gasteiger partial charge in [0.2, 0.25) is 0 Å². The first-order valence-corrected chi connectivity index (χ1v) is 10.4. The van der Waals surface area contributed by atoms with E-state index in [9.17, 15) is 9.50 Å². The average Bonchev–Trinajstić information content (AvgIpc) is 3.24. The van der Waals surface area contributed by atoms with Crippen molar-refractivity contribution in [2.45, 2.75) is 32.0 Å². The first-order chi connectivity index (χ1) is 14.7. The van der Waals surface area contributed by atoms with Gasteiger partial charge in [0, 0.05) is 43.0 Å². The molecule has 0 saturated carbocycles. The van der Waals surface area contributed by atoms with E-state index in [-0.39, 0.29) is 23.9 Å². The fourth-order valence-electron chi connectivity index (χ4n) is 4.23. The Hall–Kier alpha value is -2.54. The number of aliphatic hydroxyl groups is 1. The molecule has 1 atom stereocenters. The van der Waals surface area contributed by atoms with Gasteiger partial charge < -0.3 is 15.2 Å². The molecule has 1 aromatic heterocycles. The summed E-state index contributed by atoms with van der Waals surface area (Å²) in [5.41, 5.74) is 3.00. The molecule has 2 aromatic carbocycles. The number of halogens is 1. The highest BCUT2D eigenvalue weighted by atomic mass is 19.1. The number of hydrogen-bond acceptors (Lipinski definition) is 4. The molecule has 5 nitrogen and oxygen atoms in total. The van der Waals surface area contributed by atoms with Gasteiger partial charge in [-0.15, -0.1) is 0 Å². The van der Waals surface area contributed by atoms with Crippen LogP contribution in [0.2, 0.25) is 0 Å². The van der Waals surface area contributed by atoms with Crippen LogP contribution in [-0.4, -0.2) is 34.7 Å². The molecule has 2 N–H and O–H groups in total. The molecule has 0 aliphatic carbocycles. The largest absolute Gasteiger partial charge is 0.396 e. The van der Waals surface area contributed by atoms with E-state index in [1.165, 1.54) is 17.7 Å². The standard InChI is InChI=1S/C24H28FN3O2/c25-22-8-6-19(7-9-22)16-28-17-20(15-27-28)14-26-23(21-4-2-1-3-5-21)24(18-29)10-12-30-13-11-24/h1-9,15,17,23,26,29H,10-14,16,18H2. The molecule has 1 aliphatic heterocycles. The number of hydrogen-bond donors (Lipinski definition) is 2. The maximum absolute atomic E-state index is 13.1. The molecule has 1 saturated heterocycles. The van der Waals surface area contributed by atoms with Crippen molar-refractivity contribution >= 4 is 0 Å². The lowest BCUT2D eigenvalue weighted by atomic mass is 9.72. The molecule has 30 heavy (non-hydrogen) atoms. The summed E-state index contributed by atoms with van der Waals surface area (Å²) in [6.07, 6.45) is 5.50. The predicted molar refractivity (Wildman–Crippen MR) is 113 cm³/mol. The normalized spacial score (nSPS) is 17.0. The summed E-state index contributed by atoms with van der Waals surface area (Å²) < 4.78 is 20.5. The van der Waals surface area contributed by atoms with Crippen LogP contribution in [0.5, 0.6) is 0 Å². The maximum Gasteiger partial charge on any atom is 0.123 e. The summed E-state index contributed by atoms with van der Waals surface area (Å²) in [6.45, 7) is 2.70. The molecule has 2 heterocycles. The van der Waals surface area contributed by atoms with E-state index in [2.05, 4.69) is 22.5 Å². The van der Waals surface area contributed by atoms with Crippen molar-refractivity contribution in [2.75, 3.05) is 19.8 Å². The van der Waals surface area contributed by atoms with Gasteiger partial charge in [0.05, 0.1) is 19.3 Å². The monoisotopic (exact) mass is 409 g/mol. The Bertz CT molecular complexity index is 921. The third-order valence-electron chi connectivity index (χ3n) is 6.00. The quantitative estimate of drug-likeness (QED) is 0.596.